The van der Waals surface area contributed by atoms with Crippen LogP contribution < -0.4 is 15.4 Å². The number of likely N-dealkylation sites (N-methyl/N-ethyl adjacent to an activating group) is 1. The van der Waals surface area contributed by atoms with Gasteiger partial charge in [-0.3, -0.25) is 9.67 Å². The number of nitrogens with one attached hydrogen (secondary N) is 2. The maximum Gasteiger partial charge on any atom is 0.191 e. The zero-order chi connectivity index (χ0) is 20.0. The van der Waals surface area contributed by atoms with Gasteiger partial charge in [-0.1, -0.05) is 12.1 Å². The number of nitrogens with zero attached hydrogens (tertiary/aromatic N) is 4. The molecular weight excluding hydrogens is 467 g/mol. The summed E-state index contributed by atoms with van der Waals surface area (Å²) in [6.07, 6.45) is 0. The lowest BCUT2D eigenvalue weighted by Crippen LogP contribution is -2.41. The lowest BCUT2D eigenvalue weighted by molar-refractivity contribution is 0.297. The smallest absolute Gasteiger partial charge is 0.191 e. The minimum atomic E-state index is 0. The number of aliphatic imine (C=N–C) groups is 1. The molecule has 2 rings (SSSR count). The fraction of sp³-hybridized carbons (Fsp3) is 0.500. The van der Waals surface area contributed by atoms with Crippen molar-refractivity contribution in [2.45, 2.75) is 26.4 Å². The molecule has 0 amide bonds. The van der Waals surface area contributed by atoms with Gasteiger partial charge >= 0.3 is 0 Å². The van der Waals surface area contributed by atoms with E-state index in [0.29, 0.717) is 6.54 Å². The van der Waals surface area contributed by atoms with Crippen molar-refractivity contribution in [1.82, 2.24) is 25.3 Å². The van der Waals surface area contributed by atoms with E-state index in [4.69, 9.17) is 4.74 Å². The van der Waals surface area contributed by atoms with Gasteiger partial charge in [0.15, 0.2) is 5.96 Å². The van der Waals surface area contributed by atoms with E-state index in [1.165, 1.54) is 11.1 Å². The normalized spacial score (nSPS) is 12.5. The van der Waals surface area contributed by atoms with Crippen LogP contribution in [0.15, 0.2) is 29.3 Å². The summed E-state index contributed by atoms with van der Waals surface area (Å²) in [5.41, 5.74) is 4.61. The summed E-state index contributed by atoms with van der Waals surface area (Å²) in [6.45, 7) is 5.53. The van der Waals surface area contributed by atoms with E-state index < -0.39 is 0 Å². The first kappa shape index (κ1) is 24.2. The lowest BCUT2D eigenvalue weighted by atomic mass is 10.1. The highest BCUT2D eigenvalue weighted by molar-refractivity contribution is 14.0. The molecule has 7 nitrogen and oxygen atoms in total. The summed E-state index contributed by atoms with van der Waals surface area (Å²) in [7, 11) is 9.59. The van der Waals surface area contributed by atoms with Crippen LogP contribution >= 0.6 is 24.0 Å². The number of hydrogen-bond acceptors (Lipinski definition) is 4. The second-order valence-electron chi connectivity index (χ2n) is 6.84. The molecule has 1 unspecified atom stereocenters. The van der Waals surface area contributed by atoms with Crippen molar-refractivity contribution in [3.63, 3.8) is 0 Å². The minimum absolute atomic E-state index is 0. The molecule has 1 atom stereocenters. The average Bonchev–Trinajstić information content (AvgIpc) is 2.89. The predicted molar refractivity (Wildman–Crippen MR) is 126 cm³/mol. The highest BCUT2D eigenvalue weighted by Crippen LogP contribution is 2.22. The Morgan fingerprint density at radius 3 is 2.54 bits per heavy atom. The number of hydrogen-bond donors (Lipinski definition) is 2. The molecule has 28 heavy (non-hydrogen) atoms. The summed E-state index contributed by atoms with van der Waals surface area (Å²) in [5, 5.41) is 11.3. The molecule has 2 N–H and O–H groups in total. The number of aromatic nitrogens is 2. The lowest BCUT2D eigenvalue weighted by Gasteiger charge is -2.26. The van der Waals surface area contributed by atoms with E-state index >= 15 is 0 Å². The quantitative estimate of drug-likeness (QED) is 0.348. The van der Waals surface area contributed by atoms with Gasteiger partial charge in [-0.15, -0.1) is 24.0 Å². The van der Waals surface area contributed by atoms with Crippen LogP contribution in [0, 0.1) is 13.8 Å². The monoisotopic (exact) mass is 500 g/mol. The number of ether oxygens (including phenoxy) is 1. The van der Waals surface area contributed by atoms with Crippen LogP contribution in [0.2, 0.25) is 0 Å². The Hall–Kier alpha value is -1.81. The van der Waals surface area contributed by atoms with Gasteiger partial charge in [-0.05, 0) is 45.6 Å². The molecule has 0 spiro atoms. The van der Waals surface area contributed by atoms with Crippen molar-refractivity contribution in [2.75, 3.05) is 34.8 Å². The average molecular weight is 500 g/mol. The number of aryl methyl sites for hydroxylation is 2. The minimum Gasteiger partial charge on any atom is -0.497 e. The van der Waals surface area contributed by atoms with Gasteiger partial charge in [-0.25, -0.2) is 0 Å². The molecule has 2 aromatic rings. The van der Waals surface area contributed by atoms with Crippen LogP contribution in [-0.2, 0) is 13.6 Å². The van der Waals surface area contributed by atoms with Crippen molar-refractivity contribution in [1.29, 1.82) is 0 Å². The highest BCUT2D eigenvalue weighted by atomic mass is 127. The first-order chi connectivity index (χ1) is 12.9. The van der Waals surface area contributed by atoms with E-state index in [1.54, 1.807) is 14.2 Å². The molecule has 1 aromatic heterocycles. The van der Waals surface area contributed by atoms with Gasteiger partial charge in [0.05, 0.1) is 18.8 Å². The molecule has 0 saturated heterocycles. The van der Waals surface area contributed by atoms with Crippen LogP contribution in [0.5, 0.6) is 5.75 Å². The standard InChI is InChI=1S/C20H32N6O.HI/c1-14-18(15(2)26(6)24-14)12-22-20(21-3)23-13-19(25(4)5)16-9-8-10-17(11-16)27-7;/h8-11,19H,12-13H2,1-7H3,(H2,21,22,23);1H. The zero-order valence-corrected chi connectivity index (χ0v) is 20.2. The van der Waals surface area contributed by atoms with E-state index in [9.17, 15) is 0 Å². The third-order valence-electron chi connectivity index (χ3n) is 4.88. The summed E-state index contributed by atoms with van der Waals surface area (Å²) >= 11 is 0. The first-order valence-corrected chi connectivity index (χ1v) is 9.11. The van der Waals surface area contributed by atoms with Gasteiger partial charge in [0.1, 0.15) is 5.75 Å². The summed E-state index contributed by atoms with van der Waals surface area (Å²) in [4.78, 5) is 6.54. The number of benzene rings is 1. The second-order valence-corrected chi connectivity index (χ2v) is 6.84. The van der Waals surface area contributed by atoms with Gasteiger partial charge < -0.3 is 20.3 Å². The molecule has 156 valence electrons. The van der Waals surface area contributed by atoms with E-state index in [1.807, 2.05) is 30.8 Å². The van der Waals surface area contributed by atoms with Crippen molar-refractivity contribution in [3.8, 4) is 5.75 Å². The van der Waals surface area contributed by atoms with E-state index in [0.717, 1.165) is 29.6 Å². The zero-order valence-electron chi connectivity index (χ0n) is 17.9. The van der Waals surface area contributed by atoms with Crippen molar-refractivity contribution < 1.29 is 4.74 Å². The third-order valence-corrected chi connectivity index (χ3v) is 4.88. The van der Waals surface area contributed by atoms with Crippen LogP contribution in [-0.4, -0.2) is 55.4 Å². The Bertz CT molecular complexity index is 787. The molecular formula is C20H33IN6O. The molecule has 0 aliphatic heterocycles. The molecule has 0 aliphatic carbocycles. The number of halogens is 1. The topological polar surface area (TPSA) is 66.7 Å². The van der Waals surface area contributed by atoms with Crippen LogP contribution in [0.3, 0.4) is 0 Å². The predicted octanol–water partition coefficient (Wildman–Crippen LogP) is 2.63. The fourth-order valence-electron chi connectivity index (χ4n) is 3.11. The Morgan fingerprint density at radius 1 is 1.29 bits per heavy atom. The van der Waals surface area contributed by atoms with Gasteiger partial charge in [0.2, 0.25) is 0 Å². The second kappa shape index (κ2) is 11.3. The van der Waals surface area contributed by atoms with Crippen molar-refractivity contribution in [3.05, 3.63) is 46.8 Å². The number of guanidine groups is 1. The van der Waals surface area contributed by atoms with Gasteiger partial charge in [-0.2, -0.15) is 5.10 Å². The molecule has 1 heterocycles. The SMILES string of the molecule is CN=C(NCc1c(C)nn(C)c1C)NCC(c1cccc(OC)c1)N(C)C.I. The largest absolute Gasteiger partial charge is 0.497 e. The van der Waals surface area contributed by atoms with Crippen molar-refractivity contribution >= 4 is 29.9 Å². The Kier molecular flexibility index (Phi) is 9.74. The molecule has 1 aromatic carbocycles. The number of rotatable bonds is 7. The van der Waals surface area contributed by atoms with Crippen LogP contribution in [0.4, 0.5) is 0 Å². The summed E-state index contributed by atoms with van der Waals surface area (Å²) < 4.78 is 7.27. The Labute approximate surface area is 185 Å². The molecule has 0 fully saturated rings. The van der Waals surface area contributed by atoms with Crippen molar-refractivity contribution in [2.24, 2.45) is 12.0 Å². The molecule has 0 bridgehead atoms. The fourth-order valence-corrected chi connectivity index (χ4v) is 3.11. The van der Waals surface area contributed by atoms with Crippen LogP contribution in [0.25, 0.3) is 0 Å². The third kappa shape index (κ3) is 6.10. The molecule has 8 heteroatoms. The maximum atomic E-state index is 5.36. The van der Waals surface area contributed by atoms with Crippen LogP contribution in [0.1, 0.15) is 28.6 Å². The summed E-state index contributed by atoms with van der Waals surface area (Å²) in [6, 6.07) is 8.37. The van der Waals surface area contributed by atoms with Gasteiger partial charge in [0, 0.05) is 38.4 Å². The van der Waals surface area contributed by atoms with E-state index in [-0.39, 0.29) is 30.0 Å². The maximum absolute atomic E-state index is 5.36. The number of methoxy groups -OCH3 is 1. The van der Waals surface area contributed by atoms with E-state index in [2.05, 4.69) is 58.8 Å². The molecule has 0 radical (unpaired) electrons. The Morgan fingerprint density at radius 2 is 2.00 bits per heavy atom. The highest BCUT2D eigenvalue weighted by Gasteiger charge is 2.16. The summed E-state index contributed by atoms with van der Waals surface area (Å²) in [5.74, 6) is 1.64. The molecule has 0 saturated carbocycles. The molecule has 0 aliphatic rings. The van der Waals surface area contributed by atoms with Gasteiger partial charge in [0.25, 0.3) is 0 Å². The first-order valence-electron chi connectivity index (χ1n) is 9.11. The Balaban J connectivity index is 0.00000392.